The molecular formula is C15H23NO3S. The summed E-state index contributed by atoms with van der Waals surface area (Å²) in [7, 11) is 3.07. The van der Waals surface area contributed by atoms with Crippen LogP contribution >= 0.6 is 11.8 Å². The summed E-state index contributed by atoms with van der Waals surface area (Å²) in [6.07, 6.45) is 1.56. The average molecular weight is 297 g/mol. The predicted octanol–water partition coefficient (Wildman–Crippen LogP) is 2.17. The van der Waals surface area contributed by atoms with E-state index in [9.17, 15) is 4.79 Å². The van der Waals surface area contributed by atoms with E-state index in [0.29, 0.717) is 6.42 Å². The molecule has 0 spiro atoms. The zero-order valence-corrected chi connectivity index (χ0v) is 12.9. The Kier molecular flexibility index (Phi) is 7.65. The standard InChI is InChI=1S/C15H23NO3S/c1-18-10-6-11-20-12-9-15(16,14(17)19-2)13-7-4-3-5-8-13/h3-5,7-8H,6,9-12,16H2,1-2H3. The van der Waals surface area contributed by atoms with Gasteiger partial charge in [0.15, 0.2) is 0 Å². The molecule has 1 aromatic rings. The van der Waals surface area contributed by atoms with Gasteiger partial charge in [0.2, 0.25) is 0 Å². The Bertz CT molecular complexity index is 399. The Morgan fingerprint density at radius 3 is 2.55 bits per heavy atom. The number of hydrogen-bond donors (Lipinski definition) is 1. The molecule has 0 aliphatic carbocycles. The van der Waals surface area contributed by atoms with Gasteiger partial charge in [-0.2, -0.15) is 11.8 Å². The van der Waals surface area contributed by atoms with Gasteiger partial charge in [-0.25, -0.2) is 4.79 Å². The lowest BCUT2D eigenvalue weighted by Crippen LogP contribution is -2.46. The van der Waals surface area contributed by atoms with Crippen molar-refractivity contribution in [1.82, 2.24) is 0 Å². The molecule has 4 nitrogen and oxygen atoms in total. The summed E-state index contributed by atoms with van der Waals surface area (Å²) in [5, 5.41) is 0. The van der Waals surface area contributed by atoms with Crippen molar-refractivity contribution in [3.05, 3.63) is 35.9 Å². The summed E-state index contributed by atoms with van der Waals surface area (Å²) in [6, 6.07) is 9.40. The number of nitrogens with two attached hydrogens (primary N) is 1. The molecule has 1 rings (SSSR count). The molecule has 20 heavy (non-hydrogen) atoms. The maximum absolute atomic E-state index is 12.0. The van der Waals surface area contributed by atoms with Crippen LogP contribution in [-0.4, -0.2) is 38.3 Å². The quantitative estimate of drug-likeness (QED) is 0.559. The highest BCUT2D eigenvalue weighted by Gasteiger charge is 2.36. The second kappa shape index (κ2) is 9.00. The van der Waals surface area contributed by atoms with Crippen molar-refractivity contribution in [3.63, 3.8) is 0 Å². The molecule has 5 heteroatoms. The van der Waals surface area contributed by atoms with E-state index < -0.39 is 5.54 Å². The van der Waals surface area contributed by atoms with Crippen molar-refractivity contribution >= 4 is 17.7 Å². The number of esters is 1. The van der Waals surface area contributed by atoms with E-state index in [0.717, 1.165) is 30.1 Å². The summed E-state index contributed by atoms with van der Waals surface area (Å²) in [6.45, 7) is 0.760. The molecule has 112 valence electrons. The smallest absolute Gasteiger partial charge is 0.330 e. The molecule has 0 saturated carbocycles. The van der Waals surface area contributed by atoms with Crippen LogP contribution in [0.3, 0.4) is 0 Å². The van der Waals surface area contributed by atoms with Gasteiger partial charge in [-0.3, -0.25) is 0 Å². The van der Waals surface area contributed by atoms with E-state index in [-0.39, 0.29) is 5.97 Å². The monoisotopic (exact) mass is 297 g/mol. The van der Waals surface area contributed by atoms with E-state index in [1.165, 1.54) is 7.11 Å². The molecule has 0 bridgehead atoms. The van der Waals surface area contributed by atoms with Crippen LogP contribution in [0.25, 0.3) is 0 Å². The van der Waals surface area contributed by atoms with E-state index in [1.54, 1.807) is 18.9 Å². The van der Waals surface area contributed by atoms with E-state index in [4.69, 9.17) is 15.2 Å². The molecule has 0 radical (unpaired) electrons. The van der Waals surface area contributed by atoms with Crippen LogP contribution in [0.2, 0.25) is 0 Å². The highest BCUT2D eigenvalue weighted by molar-refractivity contribution is 7.99. The highest BCUT2D eigenvalue weighted by Crippen LogP contribution is 2.25. The lowest BCUT2D eigenvalue weighted by Gasteiger charge is -2.26. The number of carbonyl (C=O) groups excluding carboxylic acids is 1. The van der Waals surface area contributed by atoms with Crippen LogP contribution in [0, 0.1) is 0 Å². The Hall–Kier alpha value is -1.04. The lowest BCUT2D eigenvalue weighted by molar-refractivity contribution is -0.147. The van der Waals surface area contributed by atoms with Crippen LogP contribution in [0.15, 0.2) is 30.3 Å². The highest BCUT2D eigenvalue weighted by atomic mass is 32.2. The number of methoxy groups -OCH3 is 2. The van der Waals surface area contributed by atoms with Gasteiger partial charge in [0.1, 0.15) is 5.54 Å². The molecule has 1 aromatic carbocycles. The van der Waals surface area contributed by atoms with Crippen molar-refractivity contribution in [3.8, 4) is 0 Å². The number of carbonyl (C=O) groups is 1. The van der Waals surface area contributed by atoms with Gasteiger partial charge in [0.05, 0.1) is 7.11 Å². The van der Waals surface area contributed by atoms with E-state index in [2.05, 4.69) is 0 Å². The Morgan fingerprint density at radius 1 is 1.25 bits per heavy atom. The van der Waals surface area contributed by atoms with Crippen molar-refractivity contribution in [2.75, 3.05) is 32.3 Å². The average Bonchev–Trinajstić information content (AvgIpc) is 2.50. The Morgan fingerprint density at radius 2 is 1.95 bits per heavy atom. The number of thioether (sulfide) groups is 1. The summed E-state index contributed by atoms with van der Waals surface area (Å²) in [5.41, 5.74) is 6.03. The molecule has 0 heterocycles. The molecular weight excluding hydrogens is 274 g/mol. The molecule has 0 aliphatic heterocycles. The van der Waals surface area contributed by atoms with Gasteiger partial charge in [-0.15, -0.1) is 0 Å². The fraction of sp³-hybridized carbons (Fsp3) is 0.533. The van der Waals surface area contributed by atoms with Crippen molar-refractivity contribution in [2.24, 2.45) is 5.73 Å². The molecule has 0 aliphatic rings. The number of ether oxygens (including phenoxy) is 2. The minimum absolute atomic E-state index is 0.388. The Balaban J connectivity index is 2.59. The fourth-order valence-electron chi connectivity index (χ4n) is 1.92. The van der Waals surface area contributed by atoms with Gasteiger partial charge in [-0.05, 0) is 29.9 Å². The zero-order chi connectivity index (χ0) is 14.8. The second-order valence-corrected chi connectivity index (χ2v) is 5.76. The fourth-order valence-corrected chi connectivity index (χ4v) is 2.91. The third kappa shape index (κ3) is 4.81. The molecule has 1 atom stereocenters. The maximum atomic E-state index is 12.0. The Labute approximate surface area is 125 Å². The molecule has 0 fully saturated rings. The van der Waals surface area contributed by atoms with Crippen LogP contribution in [0.1, 0.15) is 18.4 Å². The van der Waals surface area contributed by atoms with Gasteiger partial charge < -0.3 is 15.2 Å². The molecule has 2 N–H and O–H groups in total. The summed E-state index contributed by atoms with van der Waals surface area (Å²) in [4.78, 5) is 12.0. The summed E-state index contributed by atoms with van der Waals surface area (Å²) < 4.78 is 9.87. The first-order valence-corrected chi connectivity index (χ1v) is 7.80. The topological polar surface area (TPSA) is 61.5 Å². The minimum atomic E-state index is -1.07. The number of benzene rings is 1. The van der Waals surface area contributed by atoms with Crippen molar-refractivity contribution in [2.45, 2.75) is 18.4 Å². The molecule has 0 amide bonds. The van der Waals surface area contributed by atoms with Crippen LogP contribution < -0.4 is 5.73 Å². The first-order valence-electron chi connectivity index (χ1n) is 6.64. The van der Waals surface area contributed by atoms with Gasteiger partial charge in [0.25, 0.3) is 0 Å². The van der Waals surface area contributed by atoms with Crippen LogP contribution in [0.4, 0.5) is 0 Å². The number of hydrogen-bond acceptors (Lipinski definition) is 5. The predicted molar refractivity (Wildman–Crippen MR) is 82.8 cm³/mol. The lowest BCUT2D eigenvalue weighted by atomic mass is 9.88. The summed E-state index contributed by atoms with van der Waals surface area (Å²) in [5.74, 6) is 1.42. The third-order valence-electron chi connectivity index (χ3n) is 3.12. The normalized spacial score (nSPS) is 13.8. The molecule has 0 aromatic heterocycles. The SMILES string of the molecule is COCCCSCCC(N)(C(=O)OC)c1ccccc1. The third-order valence-corrected chi connectivity index (χ3v) is 4.19. The van der Waals surface area contributed by atoms with Crippen molar-refractivity contribution < 1.29 is 14.3 Å². The zero-order valence-electron chi connectivity index (χ0n) is 12.1. The largest absolute Gasteiger partial charge is 0.467 e. The van der Waals surface area contributed by atoms with Gasteiger partial charge >= 0.3 is 5.97 Å². The molecule has 0 saturated heterocycles. The first kappa shape index (κ1) is 17.0. The van der Waals surface area contributed by atoms with Crippen molar-refractivity contribution in [1.29, 1.82) is 0 Å². The van der Waals surface area contributed by atoms with Gasteiger partial charge in [0, 0.05) is 13.7 Å². The minimum Gasteiger partial charge on any atom is -0.467 e. The van der Waals surface area contributed by atoms with E-state index in [1.807, 2.05) is 30.3 Å². The first-order chi connectivity index (χ1) is 9.65. The summed E-state index contributed by atoms with van der Waals surface area (Å²) >= 11 is 1.77. The van der Waals surface area contributed by atoms with E-state index >= 15 is 0 Å². The second-order valence-electron chi connectivity index (χ2n) is 4.54. The van der Waals surface area contributed by atoms with Crippen LogP contribution in [0.5, 0.6) is 0 Å². The maximum Gasteiger partial charge on any atom is 0.330 e. The molecule has 1 unspecified atom stereocenters. The van der Waals surface area contributed by atoms with Gasteiger partial charge in [-0.1, -0.05) is 30.3 Å². The number of rotatable bonds is 9. The van der Waals surface area contributed by atoms with Crippen LogP contribution in [-0.2, 0) is 19.8 Å².